The molecule has 0 amide bonds. The third kappa shape index (κ3) is 3.94. The lowest BCUT2D eigenvalue weighted by molar-refractivity contribution is -0.140. The molecule has 6 heteroatoms. The lowest BCUT2D eigenvalue weighted by Gasteiger charge is -2.11. The van der Waals surface area contributed by atoms with Gasteiger partial charge in [-0.2, -0.15) is 13.2 Å². The van der Waals surface area contributed by atoms with E-state index in [0.29, 0.717) is 0 Å². The SMILES string of the molecule is CCOC(=O)/C(=C\c1ccccc1C(F)(F)F)C(C)=O. The first-order valence-electron chi connectivity index (χ1n) is 5.83. The summed E-state index contributed by atoms with van der Waals surface area (Å²) in [4.78, 5) is 22.9. The fourth-order valence-electron chi connectivity index (χ4n) is 1.55. The number of ether oxygens (including phenoxy) is 1. The molecule has 0 fully saturated rings. The number of benzene rings is 1. The predicted molar refractivity (Wildman–Crippen MR) is 66.7 cm³/mol. The van der Waals surface area contributed by atoms with Gasteiger partial charge in [0.25, 0.3) is 0 Å². The maximum atomic E-state index is 12.8. The molecule has 0 N–H and O–H groups in total. The Labute approximate surface area is 114 Å². The lowest BCUT2D eigenvalue weighted by atomic mass is 10.0. The summed E-state index contributed by atoms with van der Waals surface area (Å²) >= 11 is 0. The molecule has 0 aliphatic heterocycles. The first-order valence-corrected chi connectivity index (χ1v) is 5.83. The second-order valence-corrected chi connectivity index (χ2v) is 3.92. The Kier molecular flexibility index (Phi) is 5.07. The molecule has 3 nitrogen and oxygen atoms in total. The molecule has 0 saturated heterocycles. The molecule has 0 heterocycles. The van der Waals surface area contributed by atoms with Crippen LogP contribution in [0.15, 0.2) is 29.8 Å². The van der Waals surface area contributed by atoms with Crippen LogP contribution in [0.5, 0.6) is 0 Å². The number of hydrogen-bond donors (Lipinski definition) is 0. The second-order valence-electron chi connectivity index (χ2n) is 3.92. The van der Waals surface area contributed by atoms with Crippen molar-refractivity contribution in [1.82, 2.24) is 0 Å². The number of esters is 1. The largest absolute Gasteiger partial charge is 0.462 e. The van der Waals surface area contributed by atoms with Crippen LogP contribution >= 0.6 is 0 Å². The molecule has 0 aliphatic carbocycles. The van der Waals surface area contributed by atoms with Crippen molar-refractivity contribution < 1.29 is 27.5 Å². The fourth-order valence-corrected chi connectivity index (χ4v) is 1.55. The molecule has 108 valence electrons. The minimum atomic E-state index is -4.57. The van der Waals surface area contributed by atoms with E-state index in [1.54, 1.807) is 6.92 Å². The Morgan fingerprint density at radius 3 is 2.35 bits per heavy atom. The highest BCUT2D eigenvalue weighted by Crippen LogP contribution is 2.32. The van der Waals surface area contributed by atoms with Gasteiger partial charge in [0.05, 0.1) is 12.2 Å². The molecular weight excluding hydrogens is 273 g/mol. The summed E-state index contributed by atoms with van der Waals surface area (Å²) in [6.45, 7) is 2.67. The Bertz CT molecular complexity index is 545. The third-order valence-corrected chi connectivity index (χ3v) is 2.44. The van der Waals surface area contributed by atoms with Crippen LogP contribution in [-0.4, -0.2) is 18.4 Å². The van der Waals surface area contributed by atoms with Gasteiger partial charge in [-0.1, -0.05) is 18.2 Å². The van der Waals surface area contributed by atoms with Gasteiger partial charge in [-0.3, -0.25) is 4.79 Å². The smallest absolute Gasteiger partial charge is 0.416 e. The number of rotatable bonds is 4. The van der Waals surface area contributed by atoms with Crippen molar-refractivity contribution in [1.29, 1.82) is 0 Å². The summed E-state index contributed by atoms with van der Waals surface area (Å²) in [5, 5.41) is 0. The summed E-state index contributed by atoms with van der Waals surface area (Å²) in [5.41, 5.74) is -1.58. The van der Waals surface area contributed by atoms with Gasteiger partial charge in [0.2, 0.25) is 0 Å². The first-order chi connectivity index (χ1) is 9.27. The van der Waals surface area contributed by atoms with E-state index < -0.39 is 29.1 Å². The van der Waals surface area contributed by atoms with Crippen molar-refractivity contribution in [3.8, 4) is 0 Å². The van der Waals surface area contributed by atoms with Crippen molar-refractivity contribution in [3.05, 3.63) is 41.0 Å². The van der Waals surface area contributed by atoms with Gasteiger partial charge in [0.15, 0.2) is 5.78 Å². The van der Waals surface area contributed by atoms with E-state index in [9.17, 15) is 22.8 Å². The van der Waals surface area contributed by atoms with E-state index in [1.165, 1.54) is 18.2 Å². The van der Waals surface area contributed by atoms with Gasteiger partial charge in [0.1, 0.15) is 5.57 Å². The topological polar surface area (TPSA) is 43.4 Å². The van der Waals surface area contributed by atoms with Gasteiger partial charge in [-0.05, 0) is 31.6 Å². The lowest BCUT2D eigenvalue weighted by Crippen LogP contribution is -2.14. The number of carbonyl (C=O) groups is 2. The fraction of sp³-hybridized carbons (Fsp3) is 0.286. The highest BCUT2D eigenvalue weighted by atomic mass is 19.4. The van der Waals surface area contributed by atoms with Crippen molar-refractivity contribution in [2.75, 3.05) is 6.61 Å². The van der Waals surface area contributed by atoms with E-state index >= 15 is 0 Å². The molecule has 0 saturated carbocycles. The summed E-state index contributed by atoms with van der Waals surface area (Å²) < 4.78 is 43.1. The Hall–Kier alpha value is -2.11. The molecule has 0 aromatic heterocycles. The number of hydrogen-bond acceptors (Lipinski definition) is 3. The average molecular weight is 286 g/mol. The second kappa shape index (κ2) is 6.36. The highest BCUT2D eigenvalue weighted by Gasteiger charge is 2.32. The van der Waals surface area contributed by atoms with Gasteiger partial charge >= 0.3 is 12.1 Å². The minimum Gasteiger partial charge on any atom is -0.462 e. The molecule has 0 bridgehead atoms. The van der Waals surface area contributed by atoms with Crippen molar-refractivity contribution >= 4 is 17.8 Å². The van der Waals surface area contributed by atoms with Gasteiger partial charge in [-0.25, -0.2) is 4.79 Å². The molecule has 20 heavy (non-hydrogen) atoms. The third-order valence-electron chi connectivity index (χ3n) is 2.44. The number of halogens is 3. The van der Waals surface area contributed by atoms with Crippen molar-refractivity contribution in [3.63, 3.8) is 0 Å². The number of Topliss-reactive ketones (excluding diaryl/α,β-unsaturated/α-hetero) is 1. The zero-order valence-corrected chi connectivity index (χ0v) is 11.0. The van der Waals surface area contributed by atoms with Gasteiger partial charge < -0.3 is 4.74 Å². The van der Waals surface area contributed by atoms with Crippen LogP contribution < -0.4 is 0 Å². The van der Waals surface area contributed by atoms with Crippen LogP contribution in [0, 0.1) is 0 Å². The molecular formula is C14H13F3O3. The molecule has 0 radical (unpaired) electrons. The van der Waals surface area contributed by atoms with Gasteiger partial charge in [0, 0.05) is 0 Å². The zero-order chi connectivity index (χ0) is 15.3. The maximum Gasteiger partial charge on any atom is 0.416 e. The monoisotopic (exact) mass is 286 g/mol. The highest BCUT2D eigenvalue weighted by molar-refractivity contribution is 6.19. The van der Waals surface area contributed by atoms with E-state index in [4.69, 9.17) is 0 Å². The van der Waals surface area contributed by atoms with Crippen LogP contribution in [-0.2, 0) is 20.5 Å². The molecule has 1 aromatic rings. The summed E-state index contributed by atoms with van der Waals surface area (Å²) in [6.07, 6.45) is -3.66. The first kappa shape index (κ1) is 15.9. The van der Waals surface area contributed by atoms with Crippen LogP contribution in [0.2, 0.25) is 0 Å². The summed E-state index contributed by atoms with van der Waals surface area (Å²) in [6, 6.07) is 4.70. The number of carbonyl (C=O) groups excluding carboxylic acids is 2. The standard InChI is InChI=1S/C14H13F3O3/c1-3-20-13(19)11(9(2)18)8-10-6-4-5-7-12(10)14(15,16)17/h4-8H,3H2,1-2H3/b11-8-. The molecule has 0 unspecified atom stereocenters. The molecule has 0 aliphatic rings. The Balaban J connectivity index is 3.32. The Morgan fingerprint density at radius 2 is 1.85 bits per heavy atom. The Morgan fingerprint density at radius 1 is 1.25 bits per heavy atom. The molecule has 1 aromatic carbocycles. The van der Waals surface area contributed by atoms with Crippen molar-refractivity contribution in [2.45, 2.75) is 20.0 Å². The van der Waals surface area contributed by atoms with Crippen LogP contribution in [0.4, 0.5) is 13.2 Å². The molecule has 0 atom stereocenters. The number of ketones is 1. The van der Waals surface area contributed by atoms with Crippen LogP contribution in [0.1, 0.15) is 25.0 Å². The van der Waals surface area contributed by atoms with E-state index in [2.05, 4.69) is 4.74 Å². The van der Waals surface area contributed by atoms with Crippen LogP contribution in [0.3, 0.4) is 0 Å². The normalized spacial score (nSPS) is 12.2. The molecule has 1 rings (SSSR count). The van der Waals surface area contributed by atoms with Crippen LogP contribution in [0.25, 0.3) is 6.08 Å². The van der Waals surface area contributed by atoms with Crippen molar-refractivity contribution in [2.24, 2.45) is 0 Å². The maximum absolute atomic E-state index is 12.8. The van der Waals surface area contributed by atoms with E-state index in [-0.39, 0.29) is 12.2 Å². The predicted octanol–water partition coefficient (Wildman–Crippen LogP) is 3.24. The van der Waals surface area contributed by atoms with E-state index in [0.717, 1.165) is 19.1 Å². The molecule has 0 spiro atoms. The quantitative estimate of drug-likeness (QED) is 0.369. The minimum absolute atomic E-state index is 0.0321. The number of alkyl halides is 3. The van der Waals surface area contributed by atoms with Gasteiger partial charge in [-0.15, -0.1) is 0 Å². The summed E-state index contributed by atoms with van der Waals surface area (Å²) in [5.74, 6) is -1.59. The van der Waals surface area contributed by atoms with E-state index in [1.807, 2.05) is 0 Å². The average Bonchev–Trinajstić information content (AvgIpc) is 2.35. The summed E-state index contributed by atoms with van der Waals surface area (Å²) in [7, 11) is 0. The zero-order valence-electron chi connectivity index (χ0n) is 11.0.